The molecule has 30 heavy (non-hydrogen) atoms. The van der Waals surface area contributed by atoms with E-state index in [1.54, 1.807) is 6.33 Å². The summed E-state index contributed by atoms with van der Waals surface area (Å²) in [5, 5.41) is 15.5. The first-order valence-corrected chi connectivity index (χ1v) is 9.97. The zero-order chi connectivity index (χ0) is 20.9. The molecule has 6 heteroatoms. The van der Waals surface area contributed by atoms with Crippen LogP contribution in [0.1, 0.15) is 23.7 Å². The number of aromatic nitrogens is 4. The minimum atomic E-state index is 0.704. The van der Waals surface area contributed by atoms with Crippen LogP contribution in [0.5, 0.6) is 0 Å². The van der Waals surface area contributed by atoms with Gasteiger partial charge in [-0.25, -0.2) is 9.97 Å². The minimum Gasteiger partial charge on any atom is -0.340 e. The van der Waals surface area contributed by atoms with Gasteiger partial charge in [0.2, 0.25) is 0 Å². The number of nitrogens with one attached hydrogen (secondary N) is 2. The van der Waals surface area contributed by atoms with Crippen molar-refractivity contribution in [1.29, 1.82) is 0 Å². The lowest BCUT2D eigenvalue weighted by Crippen LogP contribution is -2.01. The predicted molar refractivity (Wildman–Crippen MR) is 121 cm³/mol. The molecule has 4 aromatic rings. The third kappa shape index (κ3) is 4.60. The van der Waals surface area contributed by atoms with Crippen molar-refractivity contribution in [3.8, 4) is 11.3 Å². The maximum absolute atomic E-state index is 4.39. The van der Waals surface area contributed by atoms with Gasteiger partial charge in [-0.3, -0.25) is 0 Å². The topological polar surface area (TPSA) is 75.6 Å². The molecule has 0 aliphatic heterocycles. The summed E-state index contributed by atoms with van der Waals surface area (Å²) >= 11 is 0. The Labute approximate surface area is 176 Å². The molecule has 150 valence electrons. The Balaban J connectivity index is 1.55. The van der Waals surface area contributed by atoms with E-state index in [9.17, 15) is 0 Å². The summed E-state index contributed by atoms with van der Waals surface area (Å²) in [5.74, 6) is 1.47. The van der Waals surface area contributed by atoms with Crippen LogP contribution in [-0.2, 0) is 6.42 Å². The molecule has 0 saturated carbocycles. The second-order valence-electron chi connectivity index (χ2n) is 7.19. The van der Waals surface area contributed by atoms with E-state index in [1.807, 2.05) is 31.2 Å². The second kappa shape index (κ2) is 8.69. The van der Waals surface area contributed by atoms with E-state index in [2.05, 4.69) is 81.0 Å². The molecular formula is C24H24N6. The van der Waals surface area contributed by atoms with Gasteiger partial charge >= 0.3 is 0 Å². The number of nitrogens with zero attached hydrogens (tertiary/aromatic N) is 4. The van der Waals surface area contributed by atoms with E-state index >= 15 is 0 Å². The quantitative estimate of drug-likeness (QED) is 0.442. The summed E-state index contributed by atoms with van der Waals surface area (Å²) in [5.41, 5.74) is 7.18. The molecule has 2 N–H and O–H groups in total. The highest BCUT2D eigenvalue weighted by molar-refractivity contribution is 5.70. The van der Waals surface area contributed by atoms with Gasteiger partial charge < -0.3 is 10.6 Å². The summed E-state index contributed by atoms with van der Waals surface area (Å²) in [6.45, 7) is 6.15. The molecule has 2 aromatic carbocycles. The van der Waals surface area contributed by atoms with E-state index < -0.39 is 0 Å². The Morgan fingerprint density at radius 3 is 2.30 bits per heavy atom. The predicted octanol–water partition coefficient (Wildman–Crippen LogP) is 5.60. The number of hydrogen-bond donors (Lipinski definition) is 2. The molecule has 4 rings (SSSR count). The number of rotatable bonds is 6. The monoisotopic (exact) mass is 396 g/mol. The largest absolute Gasteiger partial charge is 0.340 e. The zero-order valence-electron chi connectivity index (χ0n) is 17.3. The molecular weight excluding hydrogens is 372 g/mol. The fourth-order valence-corrected chi connectivity index (χ4v) is 3.16. The first kappa shape index (κ1) is 19.5. The fourth-order valence-electron chi connectivity index (χ4n) is 3.16. The lowest BCUT2D eigenvalue weighted by atomic mass is 10.1. The average Bonchev–Trinajstić information content (AvgIpc) is 2.75. The number of aryl methyl sites for hydroxylation is 3. The molecule has 0 fully saturated rings. The van der Waals surface area contributed by atoms with Crippen LogP contribution < -0.4 is 10.6 Å². The maximum atomic E-state index is 4.39. The summed E-state index contributed by atoms with van der Waals surface area (Å²) in [6, 6.07) is 20.3. The first-order chi connectivity index (χ1) is 14.6. The third-order valence-electron chi connectivity index (χ3n) is 4.84. The van der Waals surface area contributed by atoms with Crippen LogP contribution >= 0.6 is 0 Å². The van der Waals surface area contributed by atoms with Crippen molar-refractivity contribution in [2.24, 2.45) is 0 Å². The highest BCUT2D eigenvalue weighted by Gasteiger charge is 2.07. The second-order valence-corrected chi connectivity index (χ2v) is 7.19. The van der Waals surface area contributed by atoms with Crippen LogP contribution in [0.3, 0.4) is 0 Å². The van der Waals surface area contributed by atoms with E-state index in [4.69, 9.17) is 0 Å². The molecule has 0 aliphatic rings. The van der Waals surface area contributed by atoms with Crippen molar-refractivity contribution in [2.75, 3.05) is 10.6 Å². The highest BCUT2D eigenvalue weighted by atomic mass is 15.2. The molecule has 0 amide bonds. The maximum Gasteiger partial charge on any atom is 0.153 e. The van der Waals surface area contributed by atoms with Crippen molar-refractivity contribution in [3.05, 3.63) is 83.8 Å². The first-order valence-electron chi connectivity index (χ1n) is 9.97. The summed E-state index contributed by atoms with van der Waals surface area (Å²) < 4.78 is 0. The molecule has 0 spiro atoms. The highest BCUT2D eigenvalue weighted by Crippen LogP contribution is 2.27. The Morgan fingerprint density at radius 2 is 1.60 bits per heavy atom. The van der Waals surface area contributed by atoms with E-state index in [0.29, 0.717) is 5.82 Å². The Bertz CT molecular complexity index is 1140. The van der Waals surface area contributed by atoms with Gasteiger partial charge in [-0.2, -0.15) is 0 Å². The zero-order valence-corrected chi connectivity index (χ0v) is 17.3. The summed E-state index contributed by atoms with van der Waals surface area (Å²) in [7, 11) is 0. The molecule has 0 unspecified atom stereocenters. The van der Waals surface area contributed by atoms with Crippen LogP contribution in [0.4, 0.5) is 23.0 Å². The van der Waals surface area contributed by atoms with Gasteiger partial charge in [0.05, 0.1) is 5.69 Å². The Kier molecular flexibility index (Phi) is 5.66. The number of benzene rings is 2. The molecule has 0 atom stereocenters. The van der Waals surface area contributed by atoms with Crippen LogP contribution in [0, 0.1) is 13.8 Å². The van der Waals surface area contributed by atoms with Crippen molar-refractivity contribution < 1.29 is 0 Å². The molecule has 0 bridgehead atoms. The van der Waals surface area contributed by atoms with E-state index in [0.717, 1.165) is 40.6 Å². The third-order valence-corrected chi connectivity index (χ3v) is 4.84. The average molecular weight is 396 g/mol. The fraction of sp³-hybridized carbons (Fsp3) is 0.167. The Hall–Kier alpha value is -3.80. The normalized spacial score (nSPS) is 10.6. The van der Waals surface area contributed by atoms with Crippen LogP contribution in [0.2, 0.25) is 0 Å². The van der Waals surface area contributed by atoms with E-state index in [-0.39, 0.29) is 0 Å². The van der Waals surface area contributed by atoms with Gasteiger partial charge in [-0.1, -0.05) is 42.8 Å². The van der Waals surface area contributed by atoms with Gasteiger partial charge in [-0.05, 0) is 50.1 Å². The van der Waals surface area contributed by atoms with Gasteiger partial charge in [0, 0.05) is 28.7 Å². The lowest BCUT2D eigenvalue weighted by Gasteiger charge is -2.13. The SMILES string of the molecule is CCc1ccc(Nc2cc(C)ncn2)cc1Nc1ccc(-c2ccc(C)cc2)nn1. The van der Waals surface area contributed by atoms with Gasteiger partial charge in [0.1, 0.15) is 12.1 Å². The molecule has 0 radical (unpaired) electrons. The number of hydrogen-bond acceptors (Lipinski definition) is 6. The van der Waals surface area contributed by atoms with E-state index in [1.165, 1.54) is 11.1 Å². The van der Waals surface area contributed by atoms with Crippen molar-refractivity contribution >= 4 is 23.0 Å². The Morgan fingerprint density at radius 1 is 0.767 bits per heavy atom. The summed E-state index contributed by atoms with van der Waals surface area (Å²) in [4.78, 5) is 8.41. The smallest absolute Gasteiger partial charge is 0.153 e. The molecule has 0 aliphatic carbocycles. The molecule has 0 saturated heterocycles. The standard InChI is InChI=1S/C24H24N6/c1-4-18-9-10-20(27-24-13-17(3)25-15-26-24)14-22(18)28-23-12-11-21(29-30-23)19-7-5-16(2)6-8-19/h5-15H,4H2,1-3H3,(H,28,30)(H,25,26,27). The molecule has 6 nitrogen and oxygen atoms in total. The van der Waals surface area contributed by atoms with Crippen LogP contribution in [-0.4, -0.2) is 20.2 Å². The number of anilines is 4. The van der Waals surface area contributed by atoms with Crippen LogP contribution in [0.25, 0.3) is 11.3 Å². The lowest BCUT2D eigenvalue weighted by molar-refractivity contribution is 1.04. The van der Waals surface area contributed by atoms with Crippen molar-refractivity contribution in [3.63, 3.8) is 0 Å². The van der Waals surface area contributed by atoms with Crippen molar-refractivity contribution in [1.82, 2.24) is 20.2 Å². The van der Waals surface area contributed by atoms with Gasteiger partial charge in [0.15, 0.2) is 5.82 Å². The van der Waals surface area contributed by atoms with Crippen LogP contribution in [0.15, 0.2) is 67.0 Å². The summed E-state index contributed by atoms with van der Waals surface area (Å²) in [6.07, 6.45) is 2.46. The van der Waals surface area contributed by atoms with Crippen molar-refractivity contribution in [2.45, 2.75) is 27.2 Å². The van der Waals surface area contributed by atoms with Gasteiger partial charge in [0.25, 0.3) is 0 Å². The van der Waals surface area contributed by atoms with Gasteiger partial charge in [-0.15, -0.1) is 10.2 Å². The minimum absolute atomic E-state index is 0.704. The molecule has 2 aromatic heterocycles. The molecule has 2 heterocycles.